The molecule has 0 bridgehead atoms. The summed E-state index contributed by atoms with van der Waals surface area (Å²) < 4.78 is 41.3. The normalized spacial score (nSPS) is 12.6. The molecule has 0 aliphatic rings. The van der Waals surface area contributed by atoms with Crippen LogP contribution in [0.1, 0.15) is 54.1 Å². The van der Waals surface area contributed by atoms with Gasteiger partial charge in [0.25, 0.3) is 0 Å². The number of aryl methyl sites for hydroxylation is 1. The zero-order valence-corrected chi connectivity index (χ0v) is 23.7. The molecule has 0 fully saturated rings. The molecule has 0 unspecified atom stereocenters. The molecular formula is C30H33FN2O2RuS. The third-order valence-corrected chi connectivity index (χ3v) is 7.31. The Morgan fingerprint density at radius 2 is 1.19 bits per heavy atom. The van der Waals surface area contributed by atoms with Crippen LogP contribution in [0.15, 0.2) is 114 Å². The first-order chi connectivity index (χ1) is 17.2. The zero-order chi connectivity index (χ0) is 26.1. The van der Waals surface area contributed by atoms with Gasteiger partial charge in [-0.2, -0.15) is 0 Å². The van der Waals surface area contributed by atoms with Gasteiger partial charge in [0.05, 0.1) is 17.0 Å². The van der Waals surface area contributed by atoms with E-state index in [0.717, 1.165) is 23.3 Å². The number of halogens is 1. The Morgan fingerprint density at radius 3 is 1.68 bits per heavy atom. The van der Waals surface area contributed by atoms with E-state index in [0.29, 0.717) is 5.92 Å². The third kappa shape index (κ3) is 8.97. The fourth-order valence-corrected chi connectivity index (χ4v) is 4.92. The second-order valence-electron chi connectivity index (χ2n) is 8.97. The summed E-state index contributed by atoms with van der Waals surface area (Å²) in [6.45, 7) is 6.54. The molecule has 0 aliphatic carbocycles. The molecule has 0 radical (unpaired) electrons. The Hall–Kier alpha value is -2.70. The van der Waals surface area contributed by atoms with Crippen LogP contribution in [0.2, 0.25) is 0 Å². The van der Waals surface area contributed by atoms with Crippen LogP contribution in [0.4, 0.5) is 4.39 Å². The number of hydrogen-bond acceptors (Lipinski definition) is 3. The van der Waals surface area contributed by atoms with Crippen LogP contribution in [-0.4, -0.2) is 8.42 Å². The minimum absolute atomic E-state index is 0. The van der Waals surface area contributed by atoms with Crippen molar-refractivity contribution in [3.63, 3.8) is 0 Å². The molecule has 196 valence electrons. The van der Waals surface area contributed by atoms with Gasteiger partial charge in [-0.15, -0.1) is 0 Å². The van der Waals surface area contributed by atoms with Crippen LogP contribution in [0.3, 0.4) is 0 Å². The van der Waals surface area contributed by atoms with Gasteiger partial charge in [-0.1, -0.05) is 104 Å². The van der Waals surface area contributed by atoms with Crippen LogP contribution < -0.4 is 10.5 Å². The van der Waals surface area contributed by atoms with Crippen LogP contribution in [0.25, 0.3) is 0 Å². The zero-order valence-electron chi connectivity index (χ0n) is 21.2. The molecule has 0 spiro atoms. The molecule has 4 aromatic carbocycles. The largest absolute Gasteiger partial charge is 0.322 e. The topological polar surface area (TPSA) is 72.2 Å². The molecule has 7 heteroatoms. The van der Waals surface area contributed by atoms with E-state index in [-0.39, 0.29) is 24.4 Å². The van der Waals surface area contributed by atoms with Gasteiger partial charge >= 0.3 is 0 Å². The maximum atomic E-state index is 13.1. The molecule has 0 saturated carbocycles. The Morgan fingerprint density at radius 1 is 0.703 bits per heavy atom. The van der Waals surface area contributed by atoms with Crippen molar-refractivity contribution in [3.05, 3.63) is 137 Å². The summed E-state index contributed by atoms with van der Waals surface area (Å²) in [4.78, 5) is -0.0138. The molecule has 0 saturated heterocycles. The summed E-state index contributed by atoms with van der Waals surface area (Å²) in [5, 5.41) is 0. The summed E-state index contributed by atoms with van der Waals surface area (Å²) in [7, 11) is -3.87. The molecule has 2 atom stereocenters. The van der Waals surface area contributed by atoms with Gasteiger partial charge < -0.3 is 5.73 Å². The van der Waals surface area contributed by atoms with E-state index in [4.69, 9.17) is 5.73 Å². The molecule has 0 heterocycles. The van der Waals surface area contributed by atoms with E-state index in [1.807, 2.05) is 60.7 Å². The maximum absolute atomic E-state index is 13.1. The molecule has 3 N–H and O–H groups in total. The van der Waals surface area contributed by atoms with Crippen LogP contribution >= 0.6 is 0 Å². The van der Waals surface area contributed by atoms with E-state index in [2.05, 4.69) is 49.8 Å². The van der Waals surface area contributed by atoms with E-state index < -0.39 is 27.9 Å². The van der Waals surface area contributed by atoms with Gasteiger partial charge in [-0.25, -0.2) is 17.5 Å². The van der Waals surface area contributed by atoms with Gasteiger partial charge in [0, 0.05) is 19.5 Å². The summed E-state index contributed by atoms with van der Waals surface area (Å²) >= 11 is 0. The molecule has 4 aromatic rings. The first-order valence-corrected chi connectivity index (χ1v) is 13.4. The quantitative estimate of drug-likeness (QED) is 0.232. The number of nitrogens with one attached hydrogen (secondary N) is 1. The van der Waals surface area contributed by atoms with Crippen molar-refractivity contribution in [1.82, 2.24) is 4.72 Å². The Labute approximate surface area is 232 Å². The minimum atomic E-state index is -3.87. The first kappa shape index (κ1) is 30.5. The second-order valence-corrected chi connectivity index (χ2v) is 10.7. The molecule has 0 aliphatic heterocycles. The van der Waals surface area contributed by atoms with Crippen molar-refractivity contribution >= 4 is 10.0 Å². The maximum Gasteiger partial charge on any atom is 0.241 e. The van der Waals surface area contributed by atoms with Gasteiger partial charge in [0.15, 0.2) is 0 Å². The summed E-state index contributed by atoms with van der Waals surface area (Å²) in [6.07, 6.45) is 0. The molecule has 0 amide bonds. The number of sulfonamides is 1. The van der Waals surface area contributed by atoms with Crippen LogP contribution in [-0.2, 0) is 29.5 Å². The SMILES string of the molecule is Cc1ccc(C(C)C)cc1.N[C@H](c1ccccc1)[C@H](NS(=O)(=O)c1ccc(F)cc1)c1ccccc1.[Ru]. The van der Waals surface area contributed by atoms with Gasteiger partial charge in [-0.05, 0) is 53.8 Å². The van der Waals surface area contributed by atoms with Crippen molar-refractivity contribution in [2.45, 2.75) is 43.7 Å². The summed E-state index contributed by atoms with van der Waals surface area (Å²) in [6, 6.07) is 30.6. The fourth-order valence-electron chi connectivity index (χ4n) is 3.68. The summed E-state index contributed by atoms with van der Waals surface area (Å²) in [5.74, 6) is 0.158. The van der Waals surface area contributed by atoms with Crippen LogP contribution in [0.5, 0.6) is 0 Å². The van der Waals surface area contributed by atoms with Crippen molar-refractivity contribution < 1.29 is 32.3 Å². The van der Waals surface area contributed by atoms with E-state index in [1.54, 1.807) is 0 Å². The van der Waals surface area contributed by atoms with Crippen molar-refractivity contribution in [3.8, 4) is 0 Å². The average Bonchev–Trinajstić information content (AvgIpc) is 2.89. The van der Waals surface area contributed by atoms with Gasteiger partial charge in [-0.3, -0.25) is 0 Å². The Kier molecular flexibility index (Phi) is 11.8. The molecule has 4 rings (SSSR count). The Balaban J connectivity index is 0.000000369. The minimum Gasteiger partial charge on any atom is -0.322 e. The van der Waals surface area contributed by atoms with E-state index in [9.17, 15) is 12.8 Å². The molecule has 0 aromatic heterocycles. The van der Waals surface area contributed by atoms with Crippen molar-refractivity contribution in [2.75, 3.05) is 0 Å². The molecule has 4 nitrogen and oxygen atoms in total. The summed E-state index contributed by atoms with van der Waals surface area (Å²) in [5.41, 5.74) is 10.7. The van der Waals surface area contributed by atoms with Gasteiger partial charge in [0.1, 0.15) is 5.82 Å². The standard InChI is InChI=1S/C20H19FN2O2S.C10H14.Ru/c21-17-11-13-18(14-12-17)26(24,25)23-20(16-9-5-2-6-10-16)19(22)15-7-3-1-4-8-15;1-8(2)10-6-4-9(3)5-7-10;/h1-14,19-20,23H,22H2;4-8H,1-3H3;/t19-,20-;;/m1../s1. The molecular weight excluding hydrogens is 572 g/mol. The van der Waals surface area contributed by atoms with Crippen molar-refractivity contribution in [2.24, 2.45) is 5.73 Å². The average molecular weight is 606 g/mol. The first-order valence-electron chi connectivity index (χ1n) is 11.9. The number of nitrogens with two attached hydrogens (primary N) is 1. The predicted molar refractivity (Wildman–Crippen MR) is 145 cm³/mol. The number of rotatable bonds is 7. The van der Waals surface area contributed by atoms with E-state index in [1.165, 1.54) is 23.3 Å². The van der Waals surface area contributed by atoms with E-state index >= 15 is 0 Å². The van der Waals surface area contributed by atoms with Crippen molar-refractivity contribution in [1.29, 1.82) is 0 Å². The smallest absolute Gasteiger partial charge is 0.241 e. The second kappa shape index (κ2) is 14.3. The third-order valence-electron chi connectivity index (χ3n) is 5.85. The van der Waals surface area contributed by atoms with Crippen LogP contribution in [0, 0.1) is 12.7 Å². The fraction of sp³-hybridized carbons (Fsp3) is 0.200. The van der Waals surface area contributed by atoms with Gasteiger partial charge in [0.2, 0.25) is 10.0 Å². The predicted octanol–water partition coefficient (Wildman–Crippen LogP) is 6.66. The Bertz CT molecular complexity index is 1320. The number of benzene rings is 4. The monoisotopic (exact) mass is 606 g/mol. The number of hydrogen-bond donors (Lipinski definition) is 2. The molecule has 37 heavy (non-hydrogen) atoms.